The molecule has 4 aliphatic carbocycles. The highest BCUT2D eigenvalue weighted by atomic mass is 32.3. The highest BCUT2D eigenvalue weighted by molar-refractivity contribution is 7.85. The predicted octanol–water partition coefficient (Wildman–Crippen LogP) is 4.45. The fourth-order valence-electron chi connectivity index (χ4n) is 9.23. The maximum absolute atomic E-state index is 11.1. The first-order valence-electron chi connectivity index (χ1n) is 12.8. The molecule has 0 unspecified atom stereocenters. The van der Waals surface area contributed by atoms with E-state index in [0.29, 0.717) is 54.8 Å². The van der Waals surface area contributed by atoms with Gasteiger partial charge in [-0.25, -0.2) is 16.8 Å². The monoisotopic (exact) mass is 504 g/mol. The lowest BCUT2D eigenvalue weighted by atomic mass is 9.44. The van der Waals surface area contributed by atoms with Crippen LogP contribution in [0.2, 0.25) is 0 Å². The Kier molecular flexibility index (Phi) is 7.07. The Morgan fingerprint density at radius 2 is 1.58 bits per heavy atom. The molecule has 0 aromatic heterocycles. The maximum atomic E-state index is 11.1. The van der Waals surface area contributed by atoms with Crippen molar-refractivity contribution in [3.63, 3.8) is 0 Å². The quantitative estimate of drug-likeness (QED) is 0.370. The molecule has 0 saturated heterocycles. The summed E-state index contributed by atoms with van der Waals surface area (Å²) < 4.78 is 71.2. The van der Waals surface area contributed by atoms with Crippen molar-refractivity contribution in [1.82, 2.24) is 0 Å². The van der Waals surface area contributed by atoms with Crippen LogP contribution in [0.5, 0.6) is 0 Å². The van der Waals surface area contributed by atoms with Crippen LogP contribution < -0.4 is 0 Å². The van der Waals surface area contributed by atoms with Crippen LogP contribution in [0.1, 0.15) is 91.4 Å². The highest BCUT2D eigenvalue weighted by Crippen LogP contribution is 2.68. The first kappa shape index (κ1) is 25.9. The highest BCUT2D eigenvalue weighted by Gasteiger charge is 2.60. The smallest absolute Gasteiger partial charge is 0.217 e. The van der Waals surface area contributed by atoms with E-state index < -0.39 is 26.6 Å². The minimum Gasteiger partial charge on any atom is -0.748 e. The first-order chi connectivity index (χ1) is 15.2. The van der Waals surface area contributed by atoms with Gasteiger partial charge in [0.25, 0.3) is 0 Å². The average Bonchev–Trinajstić information content (AvgIpc) is 3.03. The van der Waals surface area contributed by atoms with Gasteiger partial charge in [-0.1, -0.05) is 20.8 Å². The van der Waals surface area contributed by atoms with Crippen LogP contribution in [-0.4, -0.2) is 37.8 Å². The molecule has 4 saturated carbocycles. The molecular formula is C24H40O7S2-2. The van der Waals surface area contributed by atoms with Crippen LogP contribution >= 0.6 is 0 Å². The predicted molar refractivity (Wildman–Crippen MR) is 123 cm³/mol. The fraction of sp³-hybridized carbons (Fsp3) is 1.00. The Bertz CT molecular complexity index is 932. The van der Waals surface area contributed by atoms with Crippen LogP contribution in [0, 0.1) is 46.3 Å². The van der Waals surface area contributed by atoms with Gasteiger partial charge in [0, 0.05) is 5.75 Å². The van der Waals surface area contributed by atoms with Crippen molar-refractivity contribution in [2.24, 2.45) is 46.3 Å². The van der Waals surface area contributed by atoms with Crippen molar-refractivity contribution in [1.29, 1.82) is 0 Å². The number of rotatable bonds is 7. The van der Waals surface area contributed by atoms with Crippen molar-refractivity contribution in [3.05, 3.63) is 0 Å². The summed E-state index contributed by atoms with van der Waals surface area (Å²) in [6.45, 7) is 7.10. The minimum absolute atomic E-state index is 0.183. The van der Waals surface area contributed by atoms with Crippen molar-refractivity contribution in [3.8, 4) is 0 Å². The van der Waals surface area contributed by atoms with Gasteiger partial charge in [-0.15, -0.1) is 0 Å². The van der Waals surface area contributed by atoms with Crippen molar-refractivity contribution < 1.29 is 30.1 Å². The first-order valence-corrected chi connectivity index (χ1v) is 15.7. The summed E-state index contributed by atoms with van der Waals surface area (Å²) in [7, 11) is -8.79. The largest absolute Gasteiger partial charge is 0.748 e. The molecule has 7 nitrogen and oxygen atoms in total. The van der Waals surface area contributed by atoms with Crippen molar-refractivity contribution >= 4 is 20.5 Å². The van der Waals surface area contributed by atoms with Gasteiger partial charge in [0.2, 0.25) is 10.4 Å². The summed E-state index contributed by atoms with van der Waals surface area (Å²) in [5, 5.41) is 0. The molecule has 0 aliphatic heterocycles. The van der Waals surface area contributed by atoms with Gasteiger partial charge in [0.1, 0.15) is 0 Å². The molecule has 0 aromatic rings. The molecule has 0 radical (unpaired) electrons. The SMILES string of the molecule is C[C@H](CCCS(=O)(=O)[O-])[C@H]1CC[C@H]2[C@@H]3CC[C@@H]4C[C@H](OS(=O)(=O)[O-])CC[C@]4(C)[C@H]3CC[C@]12C. The Labute approximate surface area is 200 Å². The Morgan fingerprint density at radius 3 is 2.24 bits per heavy atom. The van der Waals surface area contributed by atoms with Gasteiger partial charge >= 0.3 is 0 Å². The third-order valence-electron chi connectivity index (χ3n) is 10.7. The molecule has 9 atom stereocenters. The molecular weight excluding hydrogens is 464 g/mol. The molecule has 4 rings (SSSR count). The summed E-state index contributed by atoms with van der Waals surface area (Å²) in [5.74, 6) is 3.16. The second kappa shape index (κ2) is 9.02. The third-order valence-corrected chi connectivity index (χ3v) is 12.0. The molecule has 0 amide bonds. The molecule has 0 spiro atoms. The van der Waals surface area contributed by atoms with Crippen LogP contribution in [0.4, 0.5) is 0 Å². The zero-order valence-corrected chi connectivity index (χ0v) is 21.8. The van der Waals surface area contributed by atoms with E-state index in [1.165, 1.54) is 25.7 Å². The summed E-state index contributed by atoms with van der Waals surface area (Å²) in [6, 6.07) is 0. The number of hydrogen-bond donors (Lipinski definition) is 0. The lowest BCUT2D eigenvalue weighted by Gasteiger charge is -2.61. The van der Waals surface area contributed by atoms with Crippen LogP contribution in [-0.2, 0) is 24.7 Å². The normalized spacial score (nSPS) is 44.5. The summed E-state index contributed by atoms with van der Waals surface area (Å²) in [6.07, 6.45) is 10.1. The summed E-state index contributed by atoms with van der Waals surface area (Å²) in [4.78, 5) is 0. The lowest BCUT2D eigenvalue weighted by Crippen LogP contribution is -2.54. The van der Waals surface area contributed by atoms with E-state index in [2.05, 4.69) is 20.8 Å². The Hall–Kier alpha value is -0.220. The van der Waals surface area contributed by atoms with Gasteiger partial charge in [-0.3, -0.25) is 4.18 Å². The number of hydrogen-bond acceptors (Lipinski definition) is 7. The molecule has 0 N–H and O–H groups in total. The number of fused-ring (bicyclic) bond motifs is 5. The van der Waals surface area contributed by atoms with Crippen molar-refractivity contribution in [2.45, 2.75) is 97.5 Å². The van der Waals surface area contributed by atoms with Gasteiger partial charge in [0.15, 0.2) is 0 Å². The van der Waals surface area contributed by atoms with Gasteiger partial charge in [0.05, 0.1) is 16.2 Å². The van der Waals surface area contributed by atoms with Gasteiger partial charge in [-0.05, 0) is 117 Å². The van der Waals surface area contributed by atoms with E-state index >= 15 is 0 Å². The summed E-state index contributed by atoms with van der Waals surface area (Å²) >= 11 is 0. The van der Waals surface area contributed by atoms with E-state index in [0.717, 1.165) is 25.7 Å². The Morgan fingerprint density at radius 1 is 0.909 bits per heavy atom. The molecule has 33 heavy (non-hydrogen) atoms. The molecule has 0 heterocycles. The molecule has 0 aromatic carbocycles. The lowest BCUT2D eigenvalue weighted by molar-refractivity contribution is -0.127. The van der Waals surface area contributed by atoms with Crippen LogP contribution in [0.15, 0.2) is 0 Å². The zero-order chi connectivity index (χ0) is 24.2. The maximum Gasteiger partial charge on any atom is 0.217 e. The molecule has 9 heteroatoms. The third kappa shape index (κ3) is 5.18. The molecule has 4 aliphatic rings. The van der Waals surface area contributed by atoms with Crippen LogP contribution in [0.3, 0.4) is 0 Å². The van der Waals surface area contributed by atoms with E-state index in [1.54, 1.807) is 0 Å². The second-order valence-electron chi connectivity index (χ2n) is 12.2. The molecule has 0 bridgehead atoms. The standard InChI is InChI=1S/C24H42O7S2/c1-16(5-4-14-32(25,26)27)20-8-9-21-19-7-6-17-15-18(31-33(28,29)30)10-12-23(17,2)22(19)11-13-24(20,21)3/h16-22H,4-15H2,1-3H3,(H,25,26,27)(H,28,29,30)/p-2/t16-,17-,18-,19+,20-,21+,22+,23+,24-/m1/s1. The average molecular weight is 505 g/mol. The van der Waals surface area contributed by atoms with E-state index in [-0.39, 0.29) is 16.6 Å². The van der Waals surface area contributed by atoms with E-state index in [9.17, 15) is 25.9 Å². The van der Waals surface area contributed by atoms with Crippen LogP contribution in [0.25, 0.3) is 0 Å². The van der Waals surface area contributed by atoms with E-state index in [4.69, 9.17) is 4.18 Å². The van der Waals surface area contributed by atoms with Crippen molar-refractivity contribution in [2.75, 3.05) is 5.75 Å². The molecule has 4 fully saturated rings. The Balaban J connectivity index is 1.43. The zero-order valence-electron chi connectivity index (χ0n) is 20.2. The van der Waals surface area contributed by atoms with Gasteiger partial charge < -0.3 is 9.11 Å². The van der Waals surface area contributed by atoms with E-state index in [1.807, 2.05) is 0 Å². The fourth-order valence-corrected chi connectivity index (χ4v) is 10.3. The second-order valence-corrected chi connectivity index (χ2v) is 14.7. The molecule has 192 valence electrons. The van der Waals surface area contributed by atoms with Gasteiger partial charge in [-0.2, -0.15) is 0 Å². The minimum atomic E-state index is -4.65. The summed E-state index contributed by atoms with van der Waals surface area (Å²) in [5.41, 5.74) is 0.458. The topological polar surface area (TPSA) is 124 Å².